The average Bonchev–Trinajstić information content (AvgIpc) is 3.28. The van der Waals surface area contributed by atoms with Crippen molar-refractivity contribution in [2.24, 2.45) is 0 Å². The van der Waals surface area contributed by atoms with Crippen molar-refractivity contribution in [3.8, 4) is 0 Å². The van der Waals surface area contributed by atoms with Gasteiger partial charge in [0.2, 0.25) is 0 Å². The first-order chi connectivity index (χ1) is 10.4. The van der Waals surface area contributed by atoms with E-state index in [0.717, 1.165) is 16.8 Å². The quantitative estimate of drug-likeness (QED) is 0.610. The first kappa shape index (κ1) is 16.6. The van der Waals surface area contributed by atoms with Crippen LogP contribution < -0.4 is 5.32 Å². The van der Waals surface area contributed by atoms with E-state index in [2.05, 4.69) is 36.5 Å². The molecule has 0 amide bonds. The summed E-state index contributed by atoms with van der Waals surface area (Å²) < 4.78 is 4.06. The van der Waals surface area contributed by atoms with Crippen molar-refractivity contribution >= 4 is 47.1 Å². The minimum absolute atomic E-state index is 0.883. The van der Waals surface area contributed by atoms with E-state index >= 15 is 0 Å². The zero-order valence-electron chi connectivity index (χ0n) is 12.3. The Morgan fingerprint density at radius 3 is 2.57 bits per heavy atom. The van der Waals surface area contributed by atoms with Gasteiger partial charge in [-0.2, -0.15) is 0 Å². The van der Waals surface area contributed by atoms with Gasteiger partial charge in [-0.15, -0.1) is 0 Å². The van der Waals surface area contributed by atoms with E-state index in [0.29, 0.717) is 0 Å². The van der Waals surface area contributed by atoms with Crippen molar-refractivity contribution in [1.29, 1.82) is 0 Å². The summed E-state index contributed by atoms with van der Waals surface area (Å²) in [6.45, 7) is 6.50. The molecule has 5 nitrogen and oxygen atoms in total. The summed E-state index contributed by atoms with van der Waals surface area (Å²) in [7, 11) is 1.61. The van der Waals surface area contributed by atoms with Gasteiger partial charge in [0.15, 0.2) is 11.3 Å². The molecule has 4 rings (SSSR count). The first-order valence-electron chi connectivity index (χ1n) is 7.19. The van der Waals surface area contributed by atoms with Gasteiger partial charge in [-0.1, -0.05) is 13.8 Å². The molecule has 3 aromatic rings. The number of imidazole rings is 1. The van der Waals surface area contributed by atoms with Crippen LogP contribution in [0.1, 0.15) is 26.7 Å². The van der Waals surface area contributed by atoms with Gasteiger partial charge in [-0.25, -0.2) is 9.97 Å². The number of nitrogens with one attached hydrogen (secondary N) is 1. The zero-order valence-corrected chi connectivity index (χ0v) is 15.3. The maximum Gasteiger partial charge on any atom is 0.167 e. The van der Waals surface area contributed by atoms with Gasteiger partial charge in [0, 0.05) is 48.9 Å². The van der Waals surface area contributed by atoms with Crippen molar-refractivity contribution in [1.82, 2.24) is 23.7 Å². The normalized spacial score (nSPS) is 13.7. The first-order valence-corrected chi connectivity index (χ1v) is 10.5. The van der Waals surface area contributed by atoms with Gasteiger partial charge >= 0.3 is 0 Å². The molecule has 0 unspecified atom stereocenters. The molecular formula is C14H20IN5S. The Morgan fingerprint density at radius 1 is 1.19 bits per heavy atom. The summed E-state index contributed by atoms with van der Waals surface area (Å²) in [5.41, 5.74) is 2.94. The van der Waals surface area contributed by atoms with E-state index in [9.17, 15) is 0 Å². The summed E-state index contributed by atoms with van der Waals surface area (Å²) in [5.74, 6) is 0. The lowest BCUT2D eigenvalue weighted by Crippen LogP contribution is -2.03. The summed E-state index contributed by atoms with van der Waals surface area (Å²) in [6.07, 6.45) is 10.3. The second kappa shape index (κ2) is 8.60. The van der Waals surface area contributed by atoms with Gasteiger partial charge in [-0.3, -0.25) is 8.37 Å². The molecule has 0 bridgehead atoms. The van der Waals surface area contributed by atoms with E-state index in [1.807, 2.05) is 40.7 Å². The highest BCUT2D eigenvalue weighted by molar-refractivity contribution is 14.2. The second-order valence-electron chi connectivity index (χ2n) is 4.29. The molecule has 3 aromatic heterocycles. The molecule has 21 heavy (non-hydrogen) atoms. The Bertz CT molecular complexity index is 667. The average molecular weight is 417 g/mol. The fourth-order valence-corrected chi connectivity index (χ4v) is 3.39. The minimum atomic E-state index is 0.883. The molecule has 4 heterocycles. The summed E-state index contributed by atoms with van der Waals surface area (Å²) in [6, 6.07) is 2.04. The van der Waals surface area contributed by atoms with Crippen LogP contribution in [0.25, 0.3) is 16.8 Å². The van der Waals surface area contributed by atoms with E-state index < -0.39 is 0 Å². The molecule has 1 aliphatic heterocycles. The SMILES string of the molecule is C1CCNC1.CC.ISn1ccc2c1ncc1nccn12. The molecule has 0 aromatic carbocycles. The van der Waals surface area contributed by atoms with E-state index in [1.54, 1.807) is 21.5 Å². The predicted molar refractivity (Wildman–Crippen MR) is 98.9 cm³/mol. The lowest BCUT2D eigenvalue weighted by Gasteiger charge is -1.98. The highest BCUT2D eigenvalue weighted by atomic mass is 127. The van der Waals surface area contributed by atoms with E-state index in [4.69, 9.17) is 0 Å². The van der Waals surface area contributed by atoms with Crippen LogP contribution in [-0.2, 0) is 0 Å². The number of hydrogen-bond acceptors (Lipinski definition) is 4. The summed E-state index contributed by atoms with van der Waals surface area (Å²) in [4.78, 5) is 8.55. The van der Waals surface area contributed by atoms with Crippen LogP contribution in [0.5, 0.6) is 0 Å². The highest BCUT2D eigenvalue weighted by Crippen LogP contribution is 2.23. The van der Waals surface area contributed by atoms with Crippen LogP contribution in [0.4, 0.5) is 0 Å². The molecule has 0 saturated carbocycles. The van der Waals surface area contributed by atoms with Crippen LogP contribution >= 0.6 is 30.3 Å². The summed E-state index contributed by atoms with van der Waals surface area (Å²) >= 11 is 2.24. The predicted octanol–water partition coefficient (Wildman–Crippen LogP) is 3.93. The minimum Gasteiger partial charge on any atom is -0.317 e. The van der Waals surface area contributed by atoms with Crippen molar-refractivity contribution in [3.05, 3.63) is 30.9 Å². The molecule has 7 heteroatoms. The van der Waals surface area contributed by atoms with E-state index in [1.165, 1.54) is 25.9 Å². The highest BCUT2D eigenvalue weighted by Gasteiger charge is 2.05. The number of halogens is 1. The van der Waals surface area contributed by atoms with Gasteiger partial charge in [-0.05, 0) is 32.0 Å². The third kappa shape index (κ3) is 3.89. The molecule has 0 atom stereocenters. The zero-order chi connectivity index (χ0) is 15.1. The molecular weight excluding hydrogens is 397 g/mol. The molecule has 0 spiro atoms. The Labute approximate surface area is 141 Å². The third-order valence-corrected chi connectivity index (χ3v) is 4.78. The van der Waals surface area contributed by atoms with Crippen LogP contribution in [-0.4, -0.2) is 31.4 Å². The van der Waals surface area contributed by atoms with Gasteiger partial charge in [0.05, 0.1) is 11.7 Å². The van der Waals surface area contributed by atoms with Crippen molar-refractivity contribution < 1.29 is 0 Å². The lowest BCUT2D eigenvalue weighted by molar-refractivity contribution is 0.857. The molecule has 0 radical (unpaired) electrons. The van der Waals surface area contributed by atoms with E-state index in [-0.39, 0.29) is 0 Å². The Hall–Kier alpha value is -0.800. The van der Waals surface area contributed by atoms with Gasteiger partial charge in [0.25, 0.3) is 0 Å². The maximum absolute atomic E-state index is 4.37. The Morgan fingerprint density at radius 2 is 1.95 bits per heavy atom. The topological polar surface area (TPSA) is 47.2 Å². The Balaban J connectivity index is 0.000000194. The van der Waals surface area contributed by atoms with Crippen molar-refractivity contribution in [3.63, 3.8) is 0 Å². The van der Waals surface area contributed by atoms with Gasteiger partial charge < -0.3 is 5.32 Å². The molecule has 1 saturated heterocycles. The standard InChI is InChI=1S/C8H5IN4S.C4H9N.C2H6/c9-14-13-3-1-6-8(13)11-5-7-10-2-4-12(6)7;1-2-4-5-3-1;1-2/h1-5H;5H,1-4H2;1-2H3. The molecule has 1 N–H and O–H groups in total. The maximum atomic E-state index is 4.37. The van der Waals surface area contributed by atoms with Crippen LogP contribution in [0, 0.1) is 0 Å². The smallest absolute Gasteiger partial charge is 0.167 e. The molecule has 0 aliphatic carbocycles. The van der Waals surface area contributed by atoms with Crippen LogP contribution in [0.2, 0.25) is 0 Å². The fourth-order valence-electron chi connectivity index (χ4n) is 2.12. The fraction of sp³-hybridized carbons (Fsp3) is 0.429. The number of hydrogen-bond donors (Lipinski definition) is 1. The lowest BCUT2D eigenvalue weighted by atomic mass is 10.4. The monoisotopic (exact) mass is 417 g/mol. The number of aromatic nitrogens is 4. The second-order valence-corrected chi connectivity index (χ2v) is 6.00. The Kier molecular flexibility index (Phi) is 6.78. The molecule has 1 aliphatic rings. The molecule has 114 valence electrons. The van der Waals surface area contributed by atoms with Crippen molar-refractivity contribution in [2.75, 3.05) is 13.1 Å². The molecule has 1 fully saturated rings. The number of fused-ring (bicyclic) bond motifs is 3. The van der Waals surface area contributed by atoms with Crippen LogP contribution in [0.15, 0.2) is 30.9 Å². The largest absolute Gasteiger partial charge is 0.317 e. The number of nitrogens with zero attached hydrogens (tertiary/aromatic N) is 4. The van der Waals surface area contributed by atoms with Crippen LogP contribution in [0.3, 0.4) is 0 Å². The van der Waals surface area contributed by atoms with Crippen molar-refractivity contribution in [2.45, 2.75) is 26.7 Å². The van der Waals surface area contributed by atoms with Gasteiger partial charge in [0.1, 0.15) is 0 Å². The summed E-state index contributed by atoms with van der Waals surface area (Å²) in [5, 5.41) is 3.22. The number of rotatable bonds is 1. The third-order valence-electron chi connectivity index (χ3n) is 3.07.